The number of methoxy groups -OCH3 is 1. The normalized spacial score (nSPS) is 31.6. The minimum Gasteiger partial charge on any atom is -0.354 e. The number of aliphatic imine (C=N–C) groups is 1. The lowest BCUT2D eigenvalue weighted by molar-refractivity contribution is 0.139. The van der Waals surface area contributed by atoms with Crippen LogP contribution in [0.25, 0.3) is 0 Å². The summed E-state index contributed by atoms with van der Waals surface area (Å²) in [6.07, 6.45) is 4.56. The van der Waals surface area contributed by atoms with E-state index in [4.69, 9.17) is 27.9 Å². The van der Waals surface area contributed by atoms with Crippen LogP contribution in [0.5, 0.6) is 0 Å². The van der Waals surface area contributed by atoms with Crippen molar-refractivity contribution in [3.63, 3.8) is 0 Å². The fraction of sp³-hybridized carbons (Fsp3) is 0.417. The molecule has 0 amide bonds. The molecule has 0 spiro atoms. The minimum atomic E-state index is -1.04. The second kappa shape index (κ2) is 3.95. The van der Waals surface area contributed by atoms with E-state index in [1.54, 1.807) is 13.2 Å². The molecule has 0 radical (unpaired) electrons. The highest BCUT2D eigenvalue weighted by molar-refractivity contribution is 6.43. The van der Waals surface area contributed by atoms with Gasteiger partial charge in [-0.15, -0.1) is 0 Å². The van der Waals surface area contributed by atoms with E-state index in [-0.39, 0.29) is 0 Å². The van der Waals surface area contributed by atoms with Crippen LogP contribution in [0.15, 0.2) is 39.0 Å². The molecule has 3 aliphatic rings. The Bertz CT molecular complexity index is 505. The number of halogens is 2. The summed E-state index contributed by atoms with van der Waals surface area (Å²) in [5.74, 6) is 0. The second-order valence-corrected chi connectivity index (χ2v) is 5.16. The van der Waals surface area contributed by atoms with Gasteiger partial charge in [0.25, 0.3) is 0 Å². The molecule has 0 aromatic heterocycles. The predicted octanol–water partition coefficient (Wildman–Crippen LogP) is 2.33. The highest BCUT2D eigenvalue weighted by Gasteiger charge is 2.39. The topological polar surface area (TPSA) is 33.6 Å². The van der Waals surface area contributed by atoms with Crippen LogP contribution in [0.4, 0.5) is 0 Å². The lowest BCUT2D eigenvalue weighted by Gasteiger charge is -2.27. The van der Waals surface area contributed by atoms with E-state index >= 15 is 0 Å². The van der Waals surface area contributed by atoms with Crippen LogP contribution < -0.4 is 5.32 Å². The van der Waals surface area contributed by atoms with Crippen LogP contribution in [0.1, 0.15) is 6.42 Å². The van der Waals surface area contributed by atoms with E-state index in [1.807, 2.05) is 6.08 Å². The van der Waals surface area contributed by atoms with Crippen LogP contribution in [0, 0.1) is 0 Å². The number of hydrogen-bond donors (Lipinski definition) is 1. The molecule has 1 atom stereocenters. The van der Waals surface area contributed by atoms with Crippen molar-refractivity contribution >= 4 is 28.9 Å². The molecule has 2 heterocycles. The molecule has 5 heteroatoms. The van der Waals surface area contributed by atoms with Gasteiger partial charge < -0.3 is 10.1 Å². The molecule has 0 aromatic carbocycles. The van der Waals surface area contributed by atoms with Gasteiger partial charge in [-0.2, -0.15) is 0 Å². The van der Waals surface area contributed by atoms with Crippen molar-refractivity contribution in [2.24, 2.45) is 4.99 Å². The Morgan fingerprint density at radius 2 is 2.35 bits per heavy atom. The summed E-state index contributed by atoms with van der Waals surface area (Å²) in [7, 11) is 1.55. The van der Waals surface area contributed by atoms with E-state index in [9.17, 15) is 0 Å². The first-order valence-corrected chi connectivity index (χ1v) is 6.27. The van der Waals surface area contributed by atoms with Gasteiger partial charge in [0.1, 0.15) is 0 Å². The Hall–Kier alpha value is -0.610. The van der Waals surface area contributed by atoms with Gasteiger partial charge >= 0.3 is 0 Å². The van der Waals surface area contributed by atoms with Gasteiger partial charge in [0.05, 0.1) is 16.4 Å². The lowest BCUT2D eigenvalue weighted by atomic mass is 9.92. The first kappa shape index (κ1) is 11.5. The maximum Gasteiger partial charge on any atom is 0.197 e. The molecule has 1 aliphatic carbocycles. The maximum absolute atomic E-state index is 6.38. The van der Waals surface area contributed by atoms with Crippen molar-refractivity contribution < 1.29 is 4.74 Å². The molecule has 2 aliphatic heterocycles. The summed E-state index contributed by atoms with van der Waals surface area (Å²) in [5, 5.41) is 2.78. The number of ether oxygens (including phenoxy) is 1. The van der Waals surface area contributed by atoms with Gasteiger partial charge in [-0.05, 0) is 30.7 Å². The standard InChI is InChI=1S/C12H12Cl2N2O/c1-17-12(14)4-2-8-10(11(12)13)7-3-5-15-6-9(7)16-8/h2,4,15H,3,5-6H2,1H3. The molecular formula is C12H12Cl2N2O. The van der Waals surface area contributed by atoms with E-state index in [2.05, 4.69) is 10.3 Å². The Balaban J connectivity index is 2.14. The molecule has 0 saturated carbocycles. The largest absolute Gasteiger partial charge is 0.354 e. The average Bonchev–Trinajstić information content (AvgIpc) is 2.73. The van der Waals surface area contributed by atoms with Gasteiger partial charge in [-0.25, -0.2) is 0 Å². The van der Waals surface area contributed by atoms with Crippen LogP contribution in [0.2, 0.25) is 0 Å². The Kier molecular flexibility index (Phi) is 2.67. The summed E-state index contributed by atoms with van der Waals surface area (Å²) in [6, 6.07) is 0. The Morgan fingerprint density at radius 3 is 3.12 bits per heavy atom. The van der Waals surface area contributed by atoms with Crippen molar-refractivity contribution in [3.8, 4) is 0 Å². The van der Waals surface area contributed by atoms with Crippen molar-refractivity contribution in [2.75, 3.05) is 20.2 Å². The van der Waals surface area contributed by atoms with Gasteiger partial charge in [-0.3, -0.25) is 4.99 Å². The highest BCUT2D eigenvalue weighted by Crippen LogP contribution is 2.43. The molecule has 0 aromatic rings. The summed E-state index contributed by atoms with van der Waals surface area (Å²) in [6.45, 7) is 1.74. The number of nitrogens with zero attached hydrogens (tertiary/aromatic N) is 1. The molecule has 1 unspecified atom stereocenters. The quantitative estimate of drug-likeness (QED) is 0.743. The summed E-state index contributed by atoms with van der Waals surface area (Å²) < 4.78 is 5.27. The first-order chi connectivity index (χ1) is 8.15. The smallest absolute Gasteiger partial charge is 0.197 e. The van der Waals surface area contributed by atoms with E-state index in [0.29, 0.717) is 5.03 Å². The third kappa shape index (κ3) is 1.61. The molecule has 0 fully saturated rings. The lowest BCUT2D eigenvalue weighted by Crippen LogP contribution is -2.29. The third-order valence-corrected chi connectivity index (χ3v) is 4.31. The minimum absolute atomic E-state index is 0.523. The molecule has 0 bridgehead atoms. The SMILES string of the molecule is COC1(Cl)C=CC2=NC3=C(CCNC3)C2=C1Cl. The average molecular weight is 271 g/mol. The summed E-state index contributed by atoms with van der Waals surface area (Å²) in [4.78, 5) is 4.57. The van der Waals surface area contributed by atoms with Crippen molar-refractivity contribution in [1.29, 1.82) is 0 Å². The van der Waals surface area contributed by atoms with Crippen molar-refractivity contribution in [3.05, 3.63) is 34.0 Å². The highest BCUT2D eigenvalue weighted by atomic mass is 35.5. The predicted molar refractivity (Wildman–Crippen MR) is 69.6 cm³/mol. The molecule has 90 valence electrons. The fourth-order valence-corrected chi connectivity index (χ4v) is 2.86. The third-order valence-electron chi connectivity index (χ3n) is 3.28. The second-order valence-electron chi connectivity index (χ2n) is 4.22. The fourth-order valence-electron chi connectivity index (χ4n) is 2.36. The van der Waals surface area contributed by atoms with Gasteiger partial charge in [0.15, 0.2) is 5.06 Å². The van der Waals surface area contributed by atoms with Crippen LogP contribution in [-0.4, -0.2) is 31.0 Å². The van der Waals surface area contributed by atoms with Crippen molar-refractivity contribution in [1.82, 2.24) is 5.32 Å². The zero-order chi connectivity index (χ0) is 12.0. The molecule has 1 N–H and O–H groups in total. The molecular weight excluding hydrogens is 259 g/mol. The first-order valence-electron chi connectivity index (χ1n) is 5.51. The number of alkyl halides is 1. The molecule has 3 rings (SSSR count). The number of hydrogen-bond acceptors (Lipinski definition) is 3. The van der Waals surface area contributed by atoms with E-state index in [1.165, 1.54) is 5.57 Å². The van der Waals surface area contributed by atoms with Crippen LogP contribution >= 0.6 is 23.2 Å². The number of nitrogens with one attached hydrogen (secondary N) is 1. The monoisotopic (exact) mass is 270 g/mol. The number of allylic oxidation sites excluding steroid dienone is 2. The molecule has 0 saturated heterocycles. The number of rotatable bonds is 1. The Morgan fingerprint density at radius 1 is 1.53 bits per heavy atom. The molecule has 3 nitrogen and oxygen atoms in total. The zero-order valence-electron chi connectivity index (χ0n) is 9.39. The van der Waals surface area contributed by atoms with E-state index < -0.39 is 5.06 Å². The van der Waals surface area contributed by atoms with Gasteiger partial charge in [0, 0.05) is 19.2 Å². The zero-order valence-corrected chi connectivity index (χ0v) is 10.9. The van der Waals surface area contributed by atoms with Gasteiger partial charge in [0.2, 0.25) is 0 Å². The number of fused-ring (bicyclic) bond motifs is 2. The van der Waals surface area contributed by atoms with Gasteiger partial charge in [-0.1, -0.05) is 23.2 Å². The van der Waals surface area contributed by atoms with Crippen LogP contribution in [-0.2, 0) is 4.74 Å². The maximum atomic E-state index is 6.38. The van der Waals surface area contributed by atoms with E-state index in [0.717, 1.165) is 36.5 Å². The summed E-state index contributed by atoms with van der Waals surface area (Å²) in [5.41, 5.74) is 4.13. The Labute approximate surface area is 110 Å². The summed E-state index contributed by atoms with van der Waals surface area (Å²) >= 11 is 12.7. The van der Waals surface area contributed by atoms with Crippen molar-refractivity contribution in [2.45, 2.75) is 11.5 Å². The van der Waals surface area contributed by atoms with Crippen LogP contribution in [0.3, 0.4) is 0 Å². The molecule has 17 heavy (non-hydrogen) atoms.